The molecule has 4 heteroatoms. The summed E-state index contributed by atoms with van der Waals surface area (Å²) >= 11 is 3.46. The number of ether oxygens (including phenoxy) is 1. The molecule has 2 aromatic rings. The zero-order valence-electron chi connectivity index (χ0n) is 12.2. The van der Waals surface area contributed by atoms with Crippen molar-refractivity contribution in [3.05, 3.63) is 57.8 Å². The van der Waals surface area contributed by atoms with Crippen LogP contribution in [0.15, 0.2) is 40.9 Å². The Bertz CT molecular complexity index is 630. The first-order valence-corrected chi connectivity index (χ1v) is 7.77. The summed E-state index contributed by atoms with van der Waals surface area (Å²) in [6.07, 6.45) is 1.44. The summed E-state index contributed by atoms with van der Waals surface area (Å²) in [6, 6.07) is 10.3. The molecule has 2 nitrogen and oxygen atoms in total. The Morgan fingerprint density at radius 1 is 1.24 bits per heavy atom. The lowest BCUT2D eigenvalue weighted by atomic mass is 10.0. The Kier molecular flexibility index (Phi) is 5.37. The highest BCUT2D eigenvalue weighted by atomic mass is 79.9. The van der Waals surface area contributed by atoms with Gasteiger partial charge in [-0.1, -0.05) is 22.9 Å². The van der Waals surface area contributed by atoms with Crippen molar-refractivity contribution in [3.8, 4) is 11.5 Å². The van der Waals surface area contributed by atoms with Gasteiger partial charge in [0.25, 0.3) is 0 Å². The van der Waals surface area contributed by atoms with Gasteiger partial charge in [-0.05, 0) is 67.3 Å². The van der Waals surface area contributed by atoms with Gasteiger partial charge in [-0.25, -0.2) is 4.39 Å². The van der Waals surface area contributed by atoms with Crippen LogP contribution < -0.4 is 10.5 Å². The van der Waals surface area contributed by atoms with Crippen molar-refractivity contribution in [2.24, 2.45) is 5.73 Å². The van der Waals surface area contributed by atoms with Gasteiger partial charge in [0, 0.05) is 10.5 Å². The number of halogens is 2. The molecule has 0 spiro atoms. The first-order chi connectivity index (χ1) is 9.99. The molecule has 0 saturated heterocycles. The van der Waals surface area contributed by atoms with E-state index in [0.717, 1.165) is 27.8 Å². The topological polar surface area (TPSA) is 35.2 Å². The molecule has 0 fully saturated rings. The Hall–Kier alpha value is -1.39. The second-order valence-electron chi connectivity index (χ2n) is 5.14. The highest BCUT2D eigenvalue weighted by Gasteiger charge is 2.11. The first-order valence-electron chi connectivity index (χ1n) is 6.97. The van der Waals surface area contributed by atoms with Crippen LogP contribution in [-0.4, -0.2) is 6.04 Å². The van der Waals surface area contributed by atoms with E-state index < -0.39 is 0 Å². The van der Waals surface area contributed by atoms with Crippen molar-refractivity contribution in [2.75, 3.05) is 0 Å². The molecule has 21 heavy (non-hydrogen) atoms. The lowest BCUT2D eigenvalue weighted by molar-refractivity contribution is 0.469. The molecule has 2 N–H and O–H groups in total. The van der Waals surface area contributed by atoms with Gasteiger partial charge in [0.15, 0.2) is 0 Å². The van der Waals surface area contributed by atoms with Gasteiger partial charge in [-0.2, -0.15) is 0 Å². The van der Waals surface area contributed by atoms with Gasteiger partial charge in [0.05, 0.1) is 0 Å². The summed E-state index contributed by atoms with van der Waals surface area (Å²) in [4.78, 5) is 0. The molecule has 0 radical (unpaired) electrons. The summed E-state index contributed by atoms with van der Waals surface area (Å²) in [7, 11) is 0. The minimum absolute atomic E-state index is 0.000744. The standard InChI is InChI=1S/C17H19BrFNO/c1-3-14(20)10-12-9-13(19)4-7-17(12)21-15-5-6-16(18)11(2)8-15/h4-9,14H,3,10,20H2,1-2H3. The summed E-state index contributed by atoms with van der Waals surface area (Å²) in [5.41, 5.74) is 7.86. The van der Waals surface area contributed by atoms with E-state index in [1.165, 1.54) is 12.1 Å². The predicted molar refractivity (Wildman–Crippen MR) is 87.3 cm³/mol. The number of hydrogen-bond donors (Lipinski definition) is 1. The lowest BCUT2D eigenvalue weighted by Gasteiger charge is -2.15. The highest BCUT2D eigenvalue weighted by molar-refractivity contribution is 9.10. The molecule has 0 heterocycles. The van der Waals surface area contributed by atoms with E-state index in [2.05, 4.69) is 15.9 Å². The van der Waals surface area contributed by atoms with Crippen LogP contribution in [0.2, 0.25) is 0 Å². The maximum absolute atomic E-state index is 13.5. The minimum atomic E-state index is -0.271. The van der Waals surface area contributed by atoms with Gasteiger partial charge in [-0.15, -0.1) is 0 Å². The van der Waals surface area contributed by atoms with Crippen LogP contribution in [-0.2, 0) is 6.42 Å². The molecule has 112 valence electrons. The summed E-state index contributed by atoms with van der Waals surface area (Å²) in [5.74, 6) is 1.11. The minimum Gasteiger partial charge on any atom is -0.457 e. The molecule has 0 bridgehead atoms. The van der Waals surface area contributed by atoms with Crippen molar-refractivity contribution < 1.29 is 9.13 Å². The maximum atomic E-state index is 13.5. The quantitative estimate of drug-likeness (QED) is 0.825. The molecule has 2 aromatic carbocycles. The van der Waals surface area contributed by atoms with Crippen LogP contribution in [0.3, 0.4) is 0 Å². The fourth-order valence-electron chi connectivity index (χ4n) is 2.04. The molecule has 1 atom stereocenters. The van der Waals surface area contributed by atoms with Gasteiger partial charge in [0.2, 0.25) is 0 Å². The van der Waals surface area contributed by atoms with Crippen molar-refractivity contribution in [2.45, 2.75) is 32.7 Å². The fraction of sp³-hybridized carbons (Fsp3) is 0.294. The number of nitrogens with two attached hydrogens (primary N) is 1. The van der Waals surface area contributed by atoms with Gasteiger partial charge in [-0.3, -0.25) is 0 Å². The molecular formula is C17H19BrFNO. The first kappa shape index (κ1) is 16.0. The van der Waals surface area contributed by atoms with E-state index in [9.17, 15) is 4.39 Å². The molecule has 2 rings (SSSR count). The summed E-state index contributed by atoms with van der Waals surface area (Å²) in [6.45, 7) is 4.01. The van der Waals surface area contributed by atoms with Crippen molar-refractivity contribution in [1.82, 2.24) is 0 Å². The monoisotopic (exact) mass is 351 g/mol. The molecule has 0 aliphatic carbocycles. The third-order valence-electron chi connectivity index (χ3n) is 3.39. The van der Waals surface area contributed by atoms with E-state index in [0.29, 0.717) is 12.2 Å². The summed E-state index contributed by atoms with van der Waals surface area (Å²) < 4.78 is 20.4. The van der Waals surface area contributed by atoms with Crippen LogP contribution in [0.4, 0.5) is 4.39 Å². The average molecular weight is 352 g/mol. The number of benzene rings is 2. The molecule has 0 saturated carbocycles. The molecule has 1 unspecified atom stereocenters. The fourth-order valence-corrected chi connectivity index (χ4v) is 2.29. The van der Waals surface area contributed by atoms with E-state index >= 15 is 0 Å². The lowest BCUT2D eigenvalue weighted by Crippen LogP contribution is -2.21. The average Bonchev–Trinajstić information content (AvgIpc) is 2.45. The molecule has 0 amide bonds. The third kappa shape index (κ3) is 4.29. The number of rotatable bonds is 5. The summed E-state index contributed by atoms with van der Waals surface area (Å²) in [5, 5.41) is 0. The van der Waals surface area contributed by atoms with Crippen molar-refractivity contribution in [1.29, 1.82) is 0 Å². The van der Waals surface area contributed by atoms with E-state index in [-0.39, 0.29) is 11.9 Å². The zero-order chi connectivity index (χ0) is 15.4. The Morgan fingerprint density at radius 2 is 2.00 bits per heavy atom. The highest BCUT2D eigenvalue weighted by Crippen LogP contribution is 2.29. The second kappa shape index (κ2) is 7.05. The third-order valence-corrected chi connectivity index (χ3v) is 4.28. The van der Waals surface area contributed by atoms with Crippen molar-refractivity contribution in [3.63, 3.8) is 0 Å². The van der Waals surface area contributed by atoms with Crippen LogP contribution in [0.5, 0.6) is 11.5 Å². The Labute approximate surface area is 133 Å². The zero-order valence-corrected chi connectivity index (χ0v) is 13.8. The van der Waals surface area contributed by atoms with E-state index in [1.54, 1.807) is 6.07 Å². The van der Waals surface area contributed by atoms with Crippen LogP contribution >= 0.6 is 15.9 Å². The van der Waals surface area contributed by atoms with Crippen LogP contribution in [0, 0.1) is 12.7 Å². The molecule has 0 aliphatic heterocycles. The smallest absolute Gasteiger partial charge is 0.130 e. The number of hydrogen-bond acceptors (Lipinski definition) is 2. The van der Waals surface area contributed by atoms with E-state index in [4.69, 9.17) is 10.5 Å². The largest absolute Gasteiger partial charge is 0.457 e. The Balaban J connectivity index is 2.28. The van der Waals surface area contributed by atoms with E-state index in [1.807, 2.05) is 32.0 Å². The van der Waals surface area contributed by atoms with Gasteiger partial charge >= 0.3 is 0 Å². The SMILES string of the molecule is CCC(N)Cc1cc(F)ccc1Oc1ccc(Br)c(C)c1. The predicted octanol–water partition coefficient (Wildman–Crippen LogP) is 4.97. The van der Waals surface area contributed by atoms with Gasteiger partial charge in [0.1, 0.15) is 17.3 Å². The maximum Gasteiger partial charge on any atom is 0.130 e. The molecular weight excluding hydrogens is 333 g/mol. The van der Waals surface area contributed by atoms with Crippen molar-refractivity contribution >= 4 is 15.9 Å². The van der Waals surface area contributed by atoms with Crippen LogP contribution in [0.1, 0.15) is 24.5 Å². The molecule has 0 aromatic heterocycles. The Morgan fingerprint density at radius 3 is 2.67 bits per heavy atom. The van der Waals surface area contributed by atoms with Crippen LogP contribution in [0.25, 0.3) is 0 Å². The van der Waals surface area contributed by atoms with Gasteiger partial charge < -0.3 is 10.5 Å². The second-order valence-corrected chi connectivity index (χ2v) is 5.99. The normalized spacial score (nSPS) is 12.2. The molecule has 0 aliphatic rings. The number of aryl methyl sites for hydroxylation is 1.